The summed E-state index contributed by atoms with van der Waals surface area (Å²) in [5.74, 6) is 0. The second kappa shape index (κ2) is 4.78. The van der Waals surface area contributed by atoms with Crippen LogP contribution in [0.2, 0.25) is 0 Å². The number of rotatable bonds is 3. The van der Waals surface area contributed by atoms with Gasteiger partial charge in [-0.2, -0.15) is 5.26 Å². The highest BCUT2D eigenvalue weighted by Crippen LogP contribution is 2.27. The van der Waals surface area contributed by atoms with Gasteiger partial charge in [0, 0.05) is 7.11 Å². The zero-order chi connectivity index (χ0) is 11.4. The quantitative estimate of drug-likeness (QED) is 0.779. The Bertz CT molecular complexity index is 522. The van der Waals surface area contributed by atoms with Crippen LogP contribution in [0.1, 0.15) is 18.1 Å². The first kappa shape index (κ1) is 10.7. The molecule has 0 fully saturated rings. The van der Waals surface area contributed by atoms with Crippen LogP contribution in [0, 0.1) is 11.3 Å². The third-order valence-electron chi connectivity index (χ3n) is 2.73. The van der Waals surface area contributed by atoms with Crippen molar-refractivity contribution in [2.75, 3.05) is 7.11 Å². The molecule has 2 aromatic carbocycles. The van der Waals surface area contributed by atoms with Gasteiger partial charge in [-0.15, -0.1) is 0 Å². The molecule has 2 heteroatoms. The van der Waals surface area contributed by atoms with E-state index in [1.807, 2.05) is 24.3 Å². The van der Waals surface area contributed by atoms with E-state index in [0.717, 1.165) is 10.9 Å². The topological polar surface area (TPSA) is 33.0 Å². The Balaban J connectivity index is 2.55. The molecule has 0 aliphatic heterocycles. The van der Waals surface area contributed by atoms with Crippen molar-refractivity contribution >= 4 is 10.8 Å². The van der Waals surface area contributed by atoms with E-state index in [1.54, 1.807) is 7.11 Å². The average molecular weight is 211 g/mol. The van der Waals surface area contributed by atoms with Crippen molar-refractivity contribution in [3.63, 3.8) is 0 Å². The number of nitriles is 1. The molecule has 2 rings (SSSR count). The maximum Gasteiger partial charge on any atom is 0.0956 e. The number of nitrogens with zero attached hydrogens (tertiary/aromatic N) is 1. The van der Waals surface area contributed by atoms with Crippen LogP contribution < -0.4 is 0 Å². The Hall–Kier alpha value is -1.85. The zero-order valence-electron chi connectivity index (χ0n) is 9.18. The lowest BCUT2D eigenvalue weighted by Gasteiger charge is -2.14. The molecule has 2 aromatic rings. The van der Waals surface area contributed by atoms with Crippen LogP contribution in [0.3, 0.4) is 0 Å². The molecule has 0 aliphatic rings. The summed E-state index contributed by atoms with van der Waals surface area (Å²) in [5, 5.41) is 11.1. The summed E-state index contributed by atoms with van der Waals surface area (Å²) in [6.45, 7) is 0. The summed E-state index contributed by atoms with van der Waals surface area (Å²) < 4.78 is 5.36. The SMILES string of the molecule is COC(CC#N)c1cccc2ccccc12. The standard InChI is InChI=1S/C14H13NO/c1-16-14(9-10-15)13-8-4-6-11-5-2-3-7-12(11)13/h2-8,14H,9H2,1H3. The lowest BCUT2D eigenvalue weighted by Crippen LogP contribution is -2.01. The molecule has 0 amide bonds. The van der Waals surface area contributed by atoms with Gasteiger partial charge >= 0.3 is 0 Å². The molecule has 0 saturated carbocycles. The molecule has 0 N–H and O–H groups in total. The maximum atomic E-state index is 8.77. The summed E-state index contributed by atoms with van der Waals surface area (Å²) in [6, 6.07) is 16.4. The monoisotopic (exact) mass is 211 g/mol. The predicted molar refractivity (Wildman–Crippen MR) is 63.9 cm³/mol. The van der Waals surface area contributed by atoms with Crippen molar-refractivity contribution < 1.29 is 4.74 Å². The summed E-state index contributed by atoms with van der Waals surface area (Å²) in [6.07, 6.45) is 0.237. The number of ether oxygens (including phenoxy) is 1. The summed E-state index contributed by atoms with van der Waals surface area (Å²) in [4.78, 5) is 0. The molecular formula is C14H13NO. The smallest absolute Gasteiger partial charge is 0.0956 e. The van der Waals surface area contributed by atoms with Crippen molar-refractivity contribution in [3.8, 4) is 6.07 Å². The van der Waals surface area contributed by atoms with Gasteiger partial charge in [-0.3, -0.25) is 0 Å². The summed E-state index contributed by atoms with van der Waals surface area (Å²) in [5.41, 5.74) is 1.09. The van der Waals surface area contributed by atoms with Crippen LogP contribution in [0.4, 0.5) is 0 Å². The Labute approximate surface area is 95.1 Å². The number of hydrogen-bond donors (Lipinski definition) is 0. The second-order valence-corrected chi connectivity index (χ2v) is 3.65. The lowest BCUT2D eigenvalue weighted by molar-refractivity contribution is 0.108. The van der Waals surface area contributed by atoms with E-state index in [1.165, 1.54) is 5.39 Å². The van der Waals surface area contributed by atoms with Gasteiger partial charge in [-0.05, 0) is 16.3 Å². The Kier molecular flexibility index (Phi) is 3.19. The Morgan fingerprint density at radius 2 is 1.94 bits per heavy atom. The fraction of sp³-hybridized carbons (Fsp3) is 0.214. The van der Waals surface area contributed by atoms with Gasteiger partial charge in [0.15, 0.2) is 0 Å². The highest BCUT2D eigenvalue weighted by molar-refractivity contribution is 5.86. The number of fused-ring (bicyclic) bond motifs is 1. The molecular weight excluding hydrogens is 198 g/mol. The molecule has 0 saturated heterocycles. The van der Waals surface area contributed by atoms with Crippen molar-refractivity contribution in [1.29, 1.82) is 5.26 Å². The highest BCUT2D eigenvalue weighted by atomic mass is 16.5. The number of methoxy groups -OCH3 is 1. The molecule has 0 radical (unpaired) electrons. The average Bonchev–Trinajstić information content (AvgIpc) is 2.35. The fourth-order valence-electron chi connectivity index (χ4n) is 1.93. The lowest BCUT2D eigenvalue weighted by atomic mass is 9.99. The van der Waals surface area contributed by atoms with Gasteiger partial charge in [0.25, 0.3) is 0 Å². The molecule has 16 heavy (non-hydrogen) atoms. The van der Waals surface area contributed by atoms with E-state index in [-0.39, 0.29) is 6.10 Å². The summed E-state index contributed by atoms with van der Waals surface area (Å²) >= 11 is 0. The predicted octanol–water partition coefficient (Wildman–Crippen LogP) is 3.44. The normalized spacial score (nSPS) is 12.2. The van der Waals surface area contributed by atoms with Gasteiger partial charge in [0.2, 0.25) is 0 Å². The first-order valence-electron chi connectivity index (χ1n) is 5.24. The van der Waals surface area contributed by atoms with E-state index in [4.69, 9.17) is 10.00 Å². The van der Waals surface area contributed by atoms with Crippen molar-refractivity contribution in [1.82, 2.24) is 0 Å². The van der Waals surface area contributed by atoms with Crippen molar-refractivity contribution in [2.24, 2.45) is 0 Å². The number of benzene rings is 2. The van der Waals surface area contributed by atoms with Crippen LogP contribution in [0.15, 0.2) is 42.5 Å². The minimum atomic E-state index is -0.143. The molecule has 0 bridgehead atoms. The minimum Gasteiger partial charge on any atom is -0.376 e. The second-order valence-electron chi connectivity index (χ2n) is 3.65. The molecule has 2 nitrogen and oxygen atoms in total. The van der Waals surface area contributed by atoms with E-state index in [0.29, 0.717) is 6.42 Å². The molecule has 0 aliphatic carbocycles. The van der Waals surface area contributed by atoms with E-state index in [2.05, 4.69) is 24.3 Å². The van der Waals surface area contributed by atoms with Crippen LogP contribution in [0.25, 0.3) is 10.8 Å². The zero-order valence-corrected chi connectivity index (χ0v) is 9.18. The van der Waals surface area contributed by atoms with E-state index < -0.39 is 0 Å². The van der Waals surface area contributed by atoms with Crippen molar-refractivity contribution in [3.05, 3.63) is 48.0 Å². The fourth-order valence-corrected chi connectivity index (χ4v) is 1.93. The minimum absolute atomic E-state index is 0.143. The van der Waals surface area contributed by atoms with Crippen LogP contribution >= 0.6 is 0 Å². The van der Waals surface area contributed by atoms with E-state index in [9.17, 15) is 0 Å². The molecule has 1 unspecified atom stereocenters. The van der Waals surface area contributed by atoms with Gasteiger partial charge in [-0.25, -0.2) is 0 Å². The van der Waals surface area contributed by atoms with Crippen molar-refractivity contribution in [2.45, 2.75) is 12.5 Å². The molecule has 0 spiro atoms. The Morgan fingerprint density at radius 1 is 1.19 bits per heavy atom. The van der Waals surface area contributed by atoms with Gasteiger partial charge in [0.05, 0.1) is 18.6 Å². The summed E-state index contributed by atoms with van der Waals surface area (Å²) in [7, 11) is 1.64. The highest BCUT2D eigenvalue weighted by Gasteiger charge is 2.12. The number of hydrogen-bond acceptors (Lipinski definition) is 2. The first-order chi connectivity index (χ1) is 7.86. The third kappa shape index (κ3) is 1.91. The van der Waals surface area contributed by atoms with Gasteiger partial charge in [-0.1, -0.05) is 42.5 Å². The molecule has 0 heterocycles. The van der Waals surface area contributed by atoms with Crippen LogP contribution in [-0.2, 0) is 4.74 Å². The molecule has 1 atom stereocenters. The van der Waals surface area contributed by atoms with Crippen LogP contribution in [0.5, 0.6) is 0 Å². The Morgan fingerprint density at radius 3 is 2.69 bits per heavy atom. The van der Waals surface area contributed by atoms with Crippen LogP contribution in [-0.4, -0.2) is 7.11 Å². The van der Waals surface area contributed by atoms with Gasteiger partial charge in [0.1, 0.15) is 0 Å². The first-order valence-corrected chi connectivity index (χ1v) is 5.24. The largest absolute Gasteiger partial charge is 0.376 e. The van der Waals surface area contributed by atoms with E-state index >= 15 is 0 Å². The molecule has 0 aromatic heterocycles. The molecule has 80 valence electrons. The maximum absolute atomic E-state index is 8.77. The van der Waals surface area contributed by atoms with Gasteiger partial charge < -0.3 is 4.74 Å². The third-order valence-corrected chi connectivity index (χ3v) is 2.73.